The topological polar surface area (TPSA) is 128 Å². The third-order valence-electron chi connectivity index (χ3n) is 7.64. The first-order chi connectivity index (χ1) is 22.4. The van der Waals surface area contributed by atoms with Crippen LogP contribution < -0.4 is 30.6 Å². The van der Waals surface area contributed by atoms with E-state index in [-0.39, 0.29) is 34.7 Å². The number of nitrogens with zero attached hydrogens (tertiary/aromatic N) is 6. The average Bonchev–Trinajstić information content (AvgIpc) is 3.31. The Balaban J connectivity index is 1.68. The Kier molecular flexibility index (Phi) is 9.88. The molecule has 0 bridgehead atoms. The van der Waals surface area contributed by atoms with Gasteiger partial charge in [-0.05, 0) is 47.4 Å². The molecule has 1 unspecified atom stereocenters. The molecule has 0 spiro atoms. The molecule has 2 N–H and O–H groups in total. The van der Waals surface area contributed by atoms with Crippen LogP contribution in [0.3, 0.4) is 0 Å². The van der Waals surface area contributed by atoms with Gasteiger partial charge in [-0.15, -0.1) is 0 Å². The molecule has 2 aromatic heterocycles. The number of amides is 1. The van der Waals surface area contributed by atoms with Gasteiger partial charge < -0.3 is 24.7 Å². The van der Waals surface area contributed by atoms with Crippen molar-refractivity contribution < 1.29 is 14.3 Å². The third-order valence-corrected chi connectivity index (χ3v) is 8.10. The lowest BCUT2D eigenvalue weighted by Gasteiger charge is -2.29. The van der Waals surface area contributed by atoms with E-state index < -0.39 is 17.5 Å². The first kappa shape index (κ1) is 33.5. The second kappa shape index (κ2) is 13.9. The Morgan fingerprint density at radius 2 is 1.70 bits per heavy atom. The summed E-state index contributed by atoms with van der Waals surface area (Å²) in [6.07, 6.45) is 3.10. The number of carbonyl (C=O) groups excluding carboxylic acids is 1. The van der Waals surface area contributed by atoms with Gasteiger partial charge in [0, 0.05) is 30.9 Å². The largest absolute Gasteiger partial charge is 0.497 e. The fourth-order valence-corrected chi connectivity index (χ4v) is 5.70. The summed E-state index contributed by atoms with van der Waals surface area (Å²) in [6.45, 7) is 4.09. The van der Waals surface area contributed by atoms with E-state index in [0.717, 1.165) is 5.56 Å². The van der Waals surface area contributed by atoms with Crippen LogP contribution in [-0.4, -0.2) is 54.5 Å². The molecular weight excluding hydrogens is 641 g/mol. The summed E-state index contributed by atoms with van der Waals surface area (Å²) >= 11 is 12.9. The number of ether oxygens (including phenoxy) is 2. The number of nitrogens with two attached hydrogens (primary N) is 1. The molecule has 2 aromatic carbocycles. The van der Waals surface area contributed by atoms with E-state index in [1.54, 1.807) is 42.5 Å². The minimum absolute atomic E-state index is 0.0525. The molecule has 1 aliphatic rings. The minimum Gasteiger partial charge on any atom is -0.497 e. The van der Waals surface area contributed by atoms with Crippen molar-refractivity contribution in [2.24, 2.45) is 16.6 Å². The van der Waals surface area contributed by atoms with E-state index in [0.29, 0.717) is 39.3 Å². The van der Waals surface area contributed by atoms with E-state index >= 15 is 0 Å². The fraction of sp³-hybridized carbons (Fsp3) is 0.265. The number of halogens is 2. The number of pyridine rings is 1. The van der Waals surface area contributed by atoms with Crippen molar-refractivity contribution >= 4 is 52.1 Å². The van der Waals surface area contributed by atoms with Gasteiger partial charge in [-0.1, -0.05) is 61.3 Å². The highest BCUT2D eigenvalue weighted by atomic mass is 35.5. The van der Waals surface area contributed by atoms with E-state index in [1.807, 2.05) is 52.2 Å². The number of aliphatic imine (C=N–C) groups is 1. The highest BCUT2D eigenvalue weighted by Gasteiger charge is 2.44. The molecule has 1 aliphatic heterocycles. The zero-order valence-electron chi connectivity index (χ0n) is 26.9. The number of methoxy groups -OCH3 is 2. The van der Waals surface area contributed by atoms with Crippen LogP contribution in [0.2, 0.25) is 10.0 Å². The summed E-state index contributed by atoms with van der Waals surface area (Å²) < 4.78 is 12.3. The Labute approximate surface area is 282 Å². The molecule has 11 nitrogen and oxygen atoms in total. The molecular formula is C34H35Cl2N7O4. The number of rotatable bonds is 10. The summed E-state index contributed by atoms with van der Waals surface area (Å²) in [4.78, 5) is 45.3. The maximum absolute atomic E-state index is 14.2. The van der Waals surface area contributed by atoms with E-state index in [1.165, 1.54) is 28.8 Å². The lowest BCUT2D eigenvalue weighted by molar-refractivity contribution is -0.114. The number of hydrogen-bond acceptors (Lipinski definition) is 9. The predicted octanol–water partition coefficient (Wildman–Crippen LogP) is 5.81. The molecule has 0 saturated heterocycles. The van der Waals surface area contributed by atoms with Gasteiger partial charge in [0.15, 0.2) is 0 Å². The van der Waals surface area contributed by atoms with Crippen LogP contribution in [-0.2, 0) is 11.3 Å². The highest BCUT2D eigenvalue weighted by molar-refractivity contribution is 6.31. The number of benzene rings is 2. The van der Waals surface area contributed by atoms with Gasteiger partial charge in [0.25, 0.3) is 11.5 Å². The normalized spacial score (nSPS) is 15.1. The maximum atomic E-state index is 14.2. The van der Waals surface area contributed by atoms with Gasteiger partial charge >= 0.3 is 0 Å². The van der Waals surface area contributed by atoms with Gasteiger partial charge in [0.1, 0.15) is 22.8 Å². The molecule has 0 aliphatic carbocycles. The number of carbonyl (C=O) groups is 1. The van der Waals surface area contributed by atoms with Gasteiger partial charge in [0.05, 0.1) is 43.7 Å². The standard InChI is InChI=1S/C34H35Cl2N7O4/c1-19(2)29(39-25-16-38-34(41(3)4)40-31(25)47-6)27-28(37)33(45)43(30(27)21-9-11-22(35)12-10-21)26-15-23(36)18-42(32(26)44)17-20-7-13-24(46-5)14-8-20/h7-16,18-19,30H,17,37H2,1-6H3. The predicted molar refractivity (Wildman–Crippen MR) is 186 cm³/mol. The van der Waals surface area contributed by atoms with Crippen molar-refractivity contribution in [2.75, 3.05) is 38.1 Å². The first-order valence-corrected chi connectivity index (χ1v) is 15.5. The molecule has 13 heteroatoms. The van der Waals surface area contributed by atoms with Gasteiger partial charge in [-0.25, -0.2) is 9.98 Å². The van der Waals surface area contributed by atoms with Crippen LogP contribution in [0.5, 0.6) is 11.6 Å². The smallest absolute Gasteiger partial charge is 0.275 e. The van der Waals surface area contributed by atoms with Crippen LogP contribution in [0.25, 0.3) is 0 Å². The Morgan fingerprint density at radius 3 is 2.30 bits per heavy atom. The van der Waals surface area contributed by atoms with Crippen molar-refractivity contribution in [3.05, 3.63) is 110 Å². The second-order valence-corrected chi connectivity index (χ2v) is 12.3. The molecule has 1 amide bonds. The molecule has 4 aromatic rings. The zero-order valence-corrected chi connectivity index (χ0v) is 28.4. The van der Waals surface area contributed by atoms with Crippen LogP contribution in [0.15, 0.2) is 88.0 Å². The molecule has 47 heavy (non-hydrogen) atoms. The van der Waals surface area contributed by atoms with E-state index in [4.69, 9.17) is 43.4 Å². The quantitative estimate of drug-likeness (QED) is 0.209. The summed E-state index contributed by atoms with van der Waals surface area (Å²) in [6, 6.07) is 15.0. The SMILES string of the molecule is COc1ccc(Cn2cc(Cl)cc(N3C(=O)C(N)=C(C(=Nc4cnc(N(C)C)nc4OC)C(C)C)C3c3ccc(Cl)cc3)c2=O)cc1. The monoisotopic (exact) mass is 675 g/mol. The van der Waals surface area contributed by atoms with Crippen LogP contribution in [0, 0.1) is 5.92 Å². The van der Waals surface area contributed by atoms with Crippen molar-refractivity contribution in [3.63, 3.8) is 0 Å². The zero-order chi connectivity index (χ0) is 34.0. The van der Waals surface area contributed by atoms with E-state index in [9.17, 15) is 9.59 Å². The molecule has 0 fully saturated rings. The number of anilines is 2. The minimum atomic E-state index is -0.838. The molecule has 1 atom stereocenters. The second-order valence-electron chi connectivity index (χ2n) is 11.4. The molecule has 0 saturated carbocycles. The van der Waals surface area contributed by atoms with Crippen LogP contribution in [0.4, 0.5) is 17.3 Å². The van der Waals surface area contributed by atoms with Crippen LogP contribution in [0.1, 0.15) is 31.0 Å². The summed E-state index contributed by atoms with van der Waals surface area (Å²) in [5, 5.41) is 0.775. The molecule has 5 rings (SSSR count). The fourth-order valence-electron chi connectivity index (χ4n) is 5.35. The maximum Gasteiger partial charge on any atom is 0.275 e. The Hall–Kier alpha value is -4.87. The highest BCUT2D eigenvalue weighted by Crippen LogP contribution is 2.42. The van der Waals surface area contributed by atoms with Crippen LogP contribution >= 0.6 is 23.2 Å². The lowest BCUT2D eigenvalue weighted by Crippen LogP contribution is -2.37. The van der Waals surface area contributed by atoms with Crippen molar-refractivity contribution in [2.45, 2.75) is 26.4 Å². The van der Waals surface area contributed by atoms with Crippen molar-refractivity contribution in [1.29, 1.82) is 0 Å². The van der Waals surface area contributed by atoms with Crippen molar-refractivity contribution in [1.82, 2.24) is 14.5 Å². The molecule has 0 radical (unpaired) electrons. The third kappa shape index (κ3) is 6.81. The van der Waals surface area contributed by atoms with Gasteiger partial charge in [-0.3, -0.25) is 14.5 Å². The molecule has 244 valence electrons. The van der Waals surface area contributed by atoms with Gasteiger partial charge in [-0.2, -0.15) is 4.98 Å². The summed E-state index contributed by atoms with van der Waals surface area (Å²) in [5.74, 6) is 0.599. The molecule has 3 heterocycles. The van der Waals surface area contributed by atoms with Crippen molar-refractivity contribution in [3.8, 4) is 11.6 Å². The Bertz CT molecular complexity index is 1920. The first-order valence-electron chi connectivity index (χ1n) is 14.7. The Morgan fingerprint density at radius 1 is 1.02 bits per heavy atom. The van der Waals surface area contributed by atoms with E-state index in [2.05, 4.69) is 9.97 Å². The van der Waals surface area contributed by atoms with Gasteiger partial charge in [0.2, 0.25) is 11.8 Å². The number of aromatic nitrogens is 3. The number of hydrogen-bond donors (Lipinski definition) is 1. The average molecular weight is 677 g/mol. The summed E-state index contributed by atoms with van der Waals surface area (Å²) in [5.41, 5.74) is 9.05. The summed E-state index contributed by atoms with van der Waals surface area (Å²) in [7, 11) is 6.72. The lowest BCUT2D eigenvalue weighted by atomic mass is 9.90.